The molecule has 0 spiro atoms. The highest BCUT2D eigenvalue weighted by Crippen LogP contribution is 2.45. The quantitative estimate of drug-likeness (QED) is 0.830. The lowest BCUT2D eigenvalue weighted by Gasteiger charge is -2.24. The second-order valence-corrected chi connectivity index (χ2v) is 9.19. The van der Waals surface area contributed by atoms with E-state index in [2.05, 4.69) is 13.8 Å². The van der Waals surface area contributed by atoms with Crippen LogP contribution in [0.3, 0.4) is 0 Å². The minimum absolute atomic E-state index is 0.128. The second kappa shape index (κ2) is 5.97. The first-order chi connectivity index (χ1) is 11.2. The number of hydrogen-bond acceptors (Lipinski definition) is 2. The average Bonchev–Trinajstić information content (AvgIpc) is 2.85. The maximum Gasteiger partial charge on any atom is 0.243 e. The van der Waals surface area contributed by atoms with Gasteiger partial charge in [-0.2, -0.15) is 4.31 Å². The van der Waals surface area contributed by atoms with Gasteiger partial charge in [0.25, 0.3) is 0 Å². The number of halogens is 1. The summed E-state index contributed by atoms with van der Waals surface area (Å²) in [5.41, 5.74) is 1.72. The summed E-state index contributed by atoms with van der Waals surface area (Å²) < 4.78 is 41.1. The van der Waals surface area contributed by atoms with Gasteiger partial charge in [0.1, 0.15) is 5.82 Å². The van der Waals surface area contributed by atoms with Crippen molar-refractivity contribution in [2.45, 2.75) is 38.1 Å². The highest BCUT2D eigenvalue weighted by atomic mass is 32.2. The van der Waals surface area contributed by atoms with Crippen molar-refractivity contribution in [2.24, 2.45) is 5.41 Å². The molecule has 1 heterocycles. The summed E-state index contributed by atoms with van der Waals surface area (Å²) in [6, 6.07) is 12.8. The Morgan fingerprint density at radius 1 is 1.04 bits per heavy atom. The van der Waals surface area contributed by atoms with Gasteiger partial charge >= 0.3 is 0 Å². The van der Waals surface area contributed by atoms with Crippen molar-refractivity contribution in [1.82, 2.24) is 4.31 Å². The molecule has 0 radical (unpaired) electrons. The molecule has 0 unspecified atom stereocenters. The van der Waals surface area contributed by atoms with Gasteiger partial charge in [0, 0.05) is 6.54 Å². The molecule has 2 aromatic carbocycles. The Morgan fingerprint density at radius 3 is 2.21 bits per heavy atom. The Kier molecular flexibility index (Phi) is 4.26. The molecule has 0 amide bonds. The third-order valence-corrected chi connectivity index (χ3v) is 6.43. The molecule has 1 atom stereocenters. The number of nitrogens with zero attached hydrogens (tertiary/aromatic N) is 1. The molecule has 128 valence electrons. The van der Waals surface area contributed by atoms with Crippen LogP contribution >= 0.6 is 0 Å². The smallest absolute Gasteiger partial charge is 0.207 e. The first-order valence-corrected chi connectivity index (χ1v) is 9.47. The molecule has 24 heavy (non-hydrogen) atoms. The molecule has 0 aromatic heterocycles. The molecule has 5 heteroatoms. The first-order valence-electron chi connectivity index (χ1n) is 8.03. The fourth-order valence-electron chi connectivity index (χ4n) is 3.29. The van der Waals surface area contributed by atoms with Crippen LogP contribution in [0.25, 0.3) is 0 Å². The molecule has 0 aliphatic carbocycles. The molecule has 0 saturated carbocycles. The third-order valence-electron chi connectivity index (χ3n) is 4.56. The summed E-state index contributed by atoms with van der Waals surface area (Å²) in [6.07, 6.45) is 0.712. The van der Waals surface area contributed by atoms with Gasteiger partial charge in [-0.15, -0.1) is 0 Å². The van der Waals surface area contributed by atoms with E-state index in [-0.39, 0.29) is 17.3 Å². The van der Waals surface area contributed by atoms with Crippen LogP contribution in [0.15, 0.2) is 53.4 Å². The molecule has 1 saturated heterocycles. The first kappa shape index (κ1) is 17.1. The second-order valence-electron chi connectivity index (χ2n) is 7.30. The monoisotopic (exact) mass is 347 g/mol. The zero-order chi connectivity index (χ0) is 17.5. The Labute approximate surface area is 143 Å². The Balaban J connectivity index is 2.02. The summed E-state index contributed by atoms with van der Waals surface area (Å²) in [7, 11) is -3.59. The predicted octanol–water partition coefficient (Wildman–Crippen LogP) is 4.30. The zero-order valence-electron chi connectivity index (χ0n) is 14.2. The predicted molar refractivity (Wildman–Crippen MR) is 92.6 cm³/mol. The molecule has 2 aromatic rings. The van der Waals surface area contributed by atoms with Gasteiger partial charge in [0.2, 0.25) is 10.0 Å². The Hall–Kier alpha value is -1.72. The minimum atomic E-state index is -3.59. The lowest BCUT2D eigenvalue weighted by Crippen LogP contribution is -2.32. The van der Waals surface area contributed by atoms with E-state index in [1.165, 1.54) is 12.1 Å². The van der Waals surface area contributed by atoms with Crippen molar-refractivity contribution in [3.8, 4) is 0 Å². The van der Waals surface area contributed by atoms with E-state index in [9.17, 15) is 12.8 Å². The van der Waals surface area contributed by atoms with Crippen molar-refractivity contribution >= 4 is 10.0 Å². The van der Waals surface area contributed by atoms with Gasteiger partial charge in [0.05, 0.1) is 10.9 Å². The lowest BCUT2D eigenvalue weighted by atomic mass is 9.89. The van der Waals surface area contributed by atoms with Crippen LogP contribution in [0.1, 0.15) is 37.4 Å². The zero-order valence-corrected chi connectivity index (χ0v) is 15.0. The van der Waals surface area contributed by atoms with Crippen LogP contribution in [-0.2, 0) is 10.0 Å². The molecule has 1 aliphatic rings. The van der Waals surface area contributed by atoms with Crippen LogP contribution in [0.5, 0.6) is 0 Å². The standard InChI is InChI=1S/C19H22FNO2S/c1-14-4-10-17(11-5-14)24(22,23)21-13-19(2,3)12-18(21)15-6-8-16(20)9-7-15/h4-11,18H,12-13H2,1-3H3/t18-/m0/s1. The van der Waals surface area contributed by atoms with E-state index in [1.807, 2.05) is 6.92 Å². The van der Waals surface area contributed by atoms with Crippen molar-refractivity contribution in [2.75, 3.05) is 6.54 Å². The van der Waals surface area contributed by atoms with E-state index < -0.39 is 10.0 Å². The largest absolute Gasteiger partial charge is 0.243 e. The summed E-state index contributed by atoms with van der Waals surface area (Å²) >= 11 is 0. The summed E-state index contributed by atoms with van der Waals surface area (Å²) in [4.78, 5) is 0.304. The van der Waals surface area contributed by atoms with Crippen molar-refractivity contribution in [3.63, 3.8) is 0 Å². The molecule has 1 aliphatic heterocycles. The summed E-state index contributed by atoms with van der Waals surface area (Å²) in [5, 5.41) is 0. The van der Waals surface area contributed by atoms with Gasteiger partial charge in [-0.3, -0.25) is 0 Å². The molecule has 0 N–H and O–H groups in total. The topological polar surface area (TPSA) is 37.4 Å². The van der Waals surface area contributed by atoms with Crippen LogP contribution in [0.4, 0.5) is 4.39 Å². The third kappa shape index (κ3) is 3.23. The highest BCUT2D eigenvalue weighted by molar-refractivity contribution is 7.89. The van der Waals surface area contributed by atoms with Crippen LogP contribution < -0.4 is 0 Å². The van der Waals surface area contributed by atoms with Crippen molar-refractivity contribution < 1.29 is 12.8 Å². The number of aryl methyl sites for hydroxylation is 1. The Bertz CT molecular complexity index is 827. The number of sulfonamides is 1. The van der Waals surface area contributed by atoms with Crippen molar-refractivity contribution in [1.29, 1.82) is 0 Å². The van der Waals surface area contributed by atoms with Gasteiger partial charge < -0.3 is 0 Å². The fraction of sp³-hybridized carbons (Fsp3) is 0.368. The molecule has 3 rings (SSSR count). The van der Waals surface area contributed by atoms with Gasteiger partial charge in [0.15, 0.2) is 0 Å². The summed E-state index contributed by atoms with van der Waals surface area (Å²) in [5.74, 6) is -0.316. The molecule has 3 nitrogen and oxygen atoms in total. The molecule has 0 bridgehead atoms. The van der Waals surface area contributed by atoms with Crippen LogP contribution in [0.2, 0.25) is 0 Å². The maximum absolute atomic E-state index is 13.2. The highest BCUT2D eigenvalue weighted by Gasteiger charge is 2.44. The SMILES string of the molecule is Cc1ccc(S(=O)(=O)N2CC(C)(C)C[C@H]2c2ccc(F)cc2)cc1. The van der Waals surface area contributed by atoms with E-state index in [0.717, 1.165) is 11.1 Å². The lowest BCUT2D eigenvalue weighted by molar-refractivity contribution is 0.368. The number of hydrogen-bond donors (Lipinski definition) is 0. The Morgan fingerprint density at radius 2 is 1.62 bits per heavy atom. The number of rotatable bonds is 3. The van der Waals surface area contributed by atoms with Gasteiger partial charge in [-0.1, -0.05) is 43.7 Å². The van der Waals surface area contributed by atoms with Gasteiger partial charge in [-0.25, -0.2) is 12.8 Å². The van der Waals surface area contributed by atoms with E-state index >= 15 is 0 Å². The van der Waals surface area contributed by atoms with Crippen molar-refractivity contribution in [3.05, 3.63) is 65.5 Å². The minimum Gasteiger partial charge on any atom is -0.207 e. The van der Waals surface area contributed by atoms with E-state index in [0.29, 0.717) is 17.9 Å². The molecule has 1 fully saturated rings. The average molecular weight is 347 g/mol. The fourth-order valence-corrected chi connectivity index (χ4v) is 5.09. The van der Waals surface area contributed by atoms with E-state index in [1.54, 1.807) is 40.7 Å². The van der Waals surface area contributed by atoms with Gasteiger partial charge in [-0.05, 0) is 48.6 Å². The molecular formula is C19H22FNO2S. The van der Waals surface area contributed by atoms with E-state index in [4.69, 9.17) is 0 Å². The van der Waals surface area contributed by atoms with Crippen LogP contribution in [-0.4, -0.2) is 19.3 Å². The summed E-state index contributed by atoms with van der Waals surface area (Å²) in [6.45, 7) is 6.50. The maximum atomic E-state index is 13.2. The molecular weight excluding hydrogens is 325 g/mol. The number of benzene rings is 2. The van der Waals surface area contributed by atoms with Crippen LogP contribution in [0, 0.1) is 18.2 Å². The normalized spacial score (nSPS) is 21.1.